The minimum atomic E-state index is -4.52. The van der Waals surface area contributed by atoms with Crippen LogP contribution in [0.4, 0.5) is 37.7 Å². The molecule has 0 bridgehead atoms. The SMILES string of the molecule is CC.CC1CCCN(CCC2N=C(Nc3ccc(C(F)(F)F)cc3)c3ccc(C/C(=C\C=C/N)C(F)(F)F)cc3N2)C1. The number of allylic oxidation sites excluding steroid dienone is 3. The number of anilines is 2. The van der Waals surface area contributed by atoms with Crippen molar-refractivity contribution < 1.29 is 26.3 Å². The van der Waals surface area contributed by atoms with Crippen LogP contribution in [-0.2, 0) is 12.6 Å². The van der Waals surface area contributed by atoms with Gasteiger partial charge >= 0.3 is 12.4 Å². The fraction of sp³-hybridized carbons (Fsp3) is 0.452. The number of likely N-dealkylation sites (tertiary alicyclic amines) is 1. The molecule has 1 fully saturated rings. The zero-order valence-corrected chi connectivity index (χ0v) is 24.1. The Morgan fingerprint density at radius 2 is 1.81 bits per heavy atom. The predicted molar refractivity (Wildman–Crippen MR) is 157 cm³/mol. The van der Waals surface area contributed by atoms with E-state index in [1.165, 1.54) is 18.6 Å². The summed E-state index contributed by atoms with van der Waals surface area (Å²) < 4.78 is 79.8. The molecule has 2 aliphatic heterocycles. The summed E-state index contributed by atoms with van der Waals surface area (Å²) in [5.41, 5.74) is 5.82. The molecule has 4 N–H and O–H groups in total. The van der Waals surface area contributed by atoms with E-state index in [9.17, 15) is 26.3 Å². The molecule has 4 rings (SSSR count). The van der Waals surface area contributed by atoms with E-state index in [1.807, 2.05) is 13.8 Å². The van der Waals surface area contributed by atoms with Crippen LogP contribution in [0.15, 0.2) is 71.4 Å². The number of hydrogen-bond acceptors (Lipinski definition) is 5. The fourth-order valence-corrected chi connectivity index (χ4v) is 5.02. The molecule has 0 aliphatic carbocycles. The van der Waals surface area contributed by atoms with Gasteiger partial charge in [-0.15, -0.1) is 0 Å². The summed E-state index contributed by atoms with van der Waals surface area (Å²) in [6.45, 7) is 9.01. The number of rotatable bonds is 7. The normalized spacial score (nSPS) is 19.8. The van der Waals surface area contributed by atoms with Crippen LogP contribution < -0.4 is 16.4 Å². The molecule has 2 unspecified atom stereocenters. The van der Waals surface area contributed by atoms with E-state index >= 15 is 0 Å². The molecule has 2 heterocycles. The molecule has 2 aliphatic rings. The minimum Gasteiger partial charge on any atom is -0.405 e. The molecular formula is C31H39F6N5. The first-order valence-electron chi connectivity index (χ1n) is 14.2. The highest BCUT2D eigenvalue weighted by Crippen LogP contribution is 2.33. The van der Waals surface area contributed by atoms with E-state index in [-0.39, 0.29) is 12.6 Å². The molecule has 2 aromatic rings. The lowest BCUT2D eigenvalue weighted by atomic mass is 9.99. The second-order valence-electron chi connectivity index (χ2n) is 10.3. The van der Waals surface area contributed by atoms with Gasteiger partial charge in [-0.3, -0.25) is 0 Å². The quantitative estimate of drug-likeness (QED) is 0.224. The van der Waals surface area contributed by atoms with Gasteiger partial charge in [-0.25, -0.2) is 4.99 Å². The summed E-state index contributed by atoms with van der Waals surface area (Å²) in [5, 5.41) is 6.47. The molecule has 11 heteroatoms. The van der Waals surface area contributed by atoms with Crippen molar-refractivity contribution in [2.45, 2.75) is 65.0 Å². The molecule has 0 saturated carbocycles. The van der Waals surface area contributed by atoms with Crippen LogP contribution in [0.3, 0.4) is 0 Å². The zero-order valence-electron chi connectivity index (χ0n) is 24.1. The van der Waals surface area contributed by atoms with Gasteiger partial charge in [0.25, 0.3) is 0 Å². The molecule has 0 amide bonds. The molecule has 0 radical (unpaired) electrons. The van der Waals surface area contributed by atoms with Crippen molar-refractivity contribution in [3.63, 3.8) is 0 Å². The van der Waals surface area contributed by atoms with Crippen molar-refractivity contribution in [3.05, 3.63) is 83.1 Å². The first-order valence-corrected chi connectivity index (χ1v) is 14.2. The van der Waals surface area contributed by atoms with Crippen LogP contribution in [0, 0.1) is 5.92 Å². The third kappa shape index (κ3) is 9.27. The predicted octanol–water partition coefficient (Wildman–Crippen LogP) is 7.97. The van der Waals surface area contributed by atoms with E-state index < -0.39 is 23.5 Å². The van der Waals surface area contributed by atoms with E-state index in [0.717, 1.165) is 56.5 Å². The van der Waals surface area contributed by atoms with Crippen LogP contribution >= 0.6 is 0 Å². The van der Waals surface area contributed by atoms with Crippen molar-refractivity contribution in [3.8, 4) is 0 Å². The molecule has 42 heavy (non-hydrogen) atoms. The molecule has 1 saturated heterocycles. The third-order valence-corrected chi connectivity index (χ3v) is 7.05. The lowest BCUT2D eigenvalue weighted by molar-refractivity contribution is -0.137. The first kappa shape index (κ1) is 33.0. The van der Waals surface area contributed by atoms with E-state index in [4.69, 9.17) is 10.7 Å². The topological polar surface area (TPSA) is 65.7 Å². The summed E-state index contributed by atoms with van der Waals surface area (Å²) in [7, 11) is 0. The summed E-state index contributed by atoms with van der Waals surface area (Å²) in [6.07, 6.45) is -3.56. The second kappa shape index (κ2) is 14.6. The Kier molecular flexibility index (Phi) is 11.5. The molecule has 2 atom stereocenters. The van der Waals surface area contributed by atoms with Crippen molar-refractivity contribution in [2.75, 3.05) is 30.3 Å². The Bertz CT molecular complexity index is 1250. The van der Waals surface area contributed by atoms with Gasteiger partial charge in [0.05, 0.1) is 5.56 Å². The van der Waals surface area contributed by atoms with Crippen LogP contribution in [0.2, 0.25) is 0 Å². The molecule has 2 aromatic carbocycles. The average Bonchev–Trinajstić information content (AvgIpc) is 2.94. The summed E-state index contributed by atoms with van der Waals surface area (Å²) in [6, 6.07) is 9.57. The number of hydrogen-bond donors (Lipinski definition) is 3. The van der Waals surface area contributed by atoms with E-state index in [2.05, 4.69) is 22.5 Å². The van der Waals surface area contributed by atoms with Gasteiger partial charge in [0.2, 0.25) is 0 Å². The van der Waals surface area contributed by atoms with Crippen LogP contribution in [0.25, 0.3) is 0 Å². The maximum atomic E-state index is 13.6. The van der Waals surface area contributed by atoms with Crippen molar-refractivity contribution >= 4 is 17.2 Å². The number of amidine groups is 1. The Balaban J connectivity index is 0.00000237. The summed E-state index contributed by atoms with van der Waals surface area (Å²) >= 11 is 0. The third-order valence-electron chi connectivity index (χ3n) is 7.05. The maximum absolute atomic E-state index is 13.6. The Hall–Kier alpha value is -3.47. The first-order chi connectivity index (χ1) is 19.9. The van der Waals surface area contributed by atoms with Gasteiger partial charge in [-0.2, -0.15) is 26.3 Å². The van der Waals surface area contributed by atoms with E-state index in [0.29, 0.717) is 40.7 Å². The van der Waals surface area contributed by atoms with Gasteiger partial charge in [0.15, 0.2) is 0 Å². The van der Waals surface area contributed by atoms with Gasteiger partial charge in [0, 0.05) is 48.4 Å². The molecule has 0 spiro atoms. The van der Waals surface area contributed by atoms with Gasteiger partial charge in [-0.05, 0) is 79.5 Å². The minimum absolute atomic E-state index is 0.349. The number of nitrogens with zero attached hydrogens (tertiary/aromatic N) is 2. The number of piperidine rings is 1. The number of nitrogens with one attached hydrogen (secondary N) is 2. The molecule has 0 aromatic heterocycles. The summed E-state index contributed by atoms with van der Waals surface area (Å²) in [5.74, 6) is 1.05. The lowest BCUT2D eigenvalue weighted by Gasteiger charge is -2.33. The molecule has 5 nitrogen and oxygen atoms in total. The number of alkyl halides is 6. The van der Waals surface area contributed by atoms with Crippen LogP contribution in [0.5, 0.6) is 0 Å². The average molecular weight is 596 g/mol. The van der Waals surface area contributed by atoms with Gasteiger partial charge in [-0.1, -0.05) is 32.9 Å². The second-order valence-corrected chi connectivity index (χ2v) is 10.3. The zero-order chi connectivity index (χ0) is 30.9. The number of benzene rings is 2. The number of fused-ring (bicyclic) bond motifs is 1. The fourth-order valence-electron chi connectivity index (χ4n) is 5.02. The maximum Gasteiger partial charge on any atom is 0.416 e. The van der Waals surface area contributed by atoms with Gasteiger partial charge in [0.1, 0.15) is 12.0 Å². The molecular weight excluding hydrogens is 556 g/mol. The highest BCUT2D eigenvalue weighted by atomic mass is 19.4. The van der Waals surface area contributed by atoms with Gasteiger partial charge < -0.3 is 21.3 Å². The van der Waals surface area contributed by atoms with Crippen LogP contribution in [0.1, 0.15) is 56.7 Å². The Morgan fingerprint density at radius 3 is 2.43 bits per heavy atom. The van der Waals surface area contributed by atoms with Crippen molar-refractivity contribution in [1.82, 2.24) is 4.90 Å². The number of aliphatic imine (C=N–C) groups is 1. The smallest absolute Gasteiger partial charge is 0.405 e. The molecule has 230 valence electrons. The van der Waals surface area contributed by atoms with Crippen molar-refractivity contribution in [1.29, 1.82) is 0 Å². The number of nitrogens with two attached hydrogens (primary N) is 1. The van der Waals surface area contributed by atoms with Crippen molar-refractivity contribution in [2.24, 2.45) is 16.6 Å². The van der Waals surface area contributed by atoms with E-state index in [1.54, 1.807) is 18.2 Å². The largest absolute Gasteiger partial charge is 0.416 e. The highest BCUT2D eigenvalue weighted by Gasteiger charge is 2.33. The standard InChI is InChI=1S/C29H33F6N5.C2H6/c1-19-4-3-14-40(18-19)15-12-26-38-25-17-20(16-22(5-2-13-36)29(33,34)35)6-11-24(25)27(39-26)37-23-9-7-21(8-10-23)28(30,31)32;1-2/h2,5-11,13,17,19,26,38H,3-4,12,14-16,18,36H2,1H3,(H,37,39);1-2H3/b13-2-,22-5+;. The lowest BCUT2D eigenvalue weighted by Crippen LogP contribution is -2.38. The highest BCUT2D eigenvalue weighted by molar-refractivity contribution is 6.12. The summed E-state index contributed by atoms with van der Waals surface area (Å²) in [4.78, 5) is 7.18. The number of halogens is 6. The Morgan fingerprint density at radius 1 is 1.10 bits per heavy atom. The Labute approximate surface area is 243 Å². The van der Waals surface area contributed by atoms with Crippen LogP contribution in [-0.4, -0.2) is 42.7 Å². The monoisotopic (exact) mass is 595 g/mol.